The number of rotatable bonds is 3. The summed E-state index contributed by atoms with van der Waals surface area (Å²) < 4.78 is 1.37. The van der Waals surface area contributed by atoms with Crippen LogP contribution in [0.15, 0.2) is 17.2 Å². The summed E-state index contributed by atoms with van der Waals surface area (Å²) in [5, 5.41) is 9.51. The molecule has 0 amide bonds. The van der Waals surface area contributed by atoms with E-state index in [0.717, 1.165) is 5.82 Å². The molecule has 16 heavy (non-hydrogen) atoms. The summed E-state index contributed by atoms with van der Waals surface area (Å²) in [6.07, 6.45) is 1.47. The van der Waals surface area contributed by atoms with E-state index >= 15 is 0 Å². The van der Waals surface area contributed by atoms with Gasteiger partial charge < -0.3 is 5.32 Å². The van der Waals surface area contributed by atoms with Crippen LogP contribution >= 0.6 is 0 Å². The van der Waals surface area contributed by atoms with E-state index in [1.165, 1.54) is 10.7 Å². The summed E-state index contributed by atoms with van der Waals surface area (Å²) >= 11 is 0. The van der Waals surface area contributed by atoms with Gasteiger partial charge in [-0.2, -0.15) is 5.10 Å². The fraction of sp³-hybridized carbons (Fsp3) is 0.500. The Morgan fingerprint density at radius 1 is 1.44 bits per heavy atom. The number of hydrogen-bond acceptors (Lipinski definition) is 4. The van der Waals surface area contributed by atoms with Gasteiger partial charge in [0.2, 0.25) is 0 Å². The highest BCUT2D eigenvalue weighted by Crippen LogP contribution is 2.10. The molecule has 1 unspecified atom stereocenters. The maximum absolute atomic E-state index is 11.2. The van der Waals surface area contributed by atoms with Gasteiger partial charge in [-0.1, -0.05) is 13.8 Å². The lowest BCUT2D eigenvalue weighted by Crippen LogP contribution is -2.22. The lowest BCUT2D eigenvalue weighted by atomic mass is 10.1. The van der Waals surface area contributed by atoms with Gasteiger partial charge in [-0.3, -0.25) is 0 Å². The van der Waals surface area contributed by atoms with Crippen molar-refractivity contribution in [3.8, 4) is 0 Å². The number of hydrogen-bond donors (Lipinski definition) is 2. The Labute approximate surface area is 92.7 Å². The highest BCUT2D eigenvalue weighted by Gasteiger charge is 2.08. The van der Waals surface area contributed by atoms with Gasteiger partial charge in [-0.25, -0.2) is 19.3 Å². The molecule has 0 bridgehead atoms. The largest absolute Gasteiger partial charge is 0.367 e. The summed E-state index contributed by atoms with van der Waals surface area (Å²) in [7, 11) is 0. The second-order valence-electron chi connectivity index (χ2n) is 4.21. The van der Waals surface area contributed by atoms with Crippen molar-refractivity contribution in [2.45, 2.75) is 26.8 Å². The smallest absolute Gasteiger partial charge is 0.348 e. The summed E-state index contributed by atoms with van der Waals surface area (Å²) in [4.78, 5) is 15.4. The Balaban J connectivity index is 2.29. The number of fused-ring (bicyclic) bond motifs is 1. The molecule has 0 radical (unpaired) electrons. The molecule has 2 N–H and O–H groups in total. The number of H-pyrrole nitrogens is 1. The zero-order valence-corrected chi connectivity index (χ0v) is 9.56. The first kappa shape index (κ1) is 10.7. The number of anilines is 1. The fourth-order valence-corrected chi connectivity index (χ4v) is 1.29. The van der Waals surface area contributed by atoms with Crippen LogP contribution in [0, 0.1) is 5.92 Å². The van der Waals surface area contributed by atoms with E-state index < -0.39 is 0 Å². The average molecular weight is 221 g/mol. The molecule has 0 fully saturated rings. The maximum atomic E-state index is 11.2. The second-order valence-corrected chi connectivity index (χ2v) is 4.21. The second kappa shape index (κ2) is 3.96. The zero-order valence-electron chi connectivity index (χ0n) is 9.56. The number of nitrogens with one attached hydrogen (secondary N) is 2. The molecule has 0 saturated heterocycles. The number of nitrogens with zero attached hydrogens (tertiary/aromatic N) is 3. The fourth-order valence-electron chi connectivity index (χ4n) is 1.29. The summed E-state index contributed by atoms with van der Waals surface area (Å²) in [5.41, 5.74) is 0.296. The van der Waals surface area contributed by atoms with Crippen molar-refractivity contribution in [3.05, 3.63) is 22.9 Å². The van der Waals surface area contributed by atoms with Crippen LogP contribution in [0.3, 0.4) is 0 Å². The van der Waals surface area contributed by atoms with Crippen LogP contribution in [0.5, 0.6) is 0 Å². The van der Waals surface area contributed by atoms with E-state index in [0.29, 0.717) is 17.6 Å². The van der Waals surface area contributed by atoms with Crippen molar-refractivity contribution in [1.29, 1.82) is 0 Å². The van der Waals surface area contributed by atoms with Gasteiger partial charge in [-0.05, 0) is 12.8 Å². The van der Waals surface area contributed by atoms with E-state index in [9.17, 15) is 4.79 Å². The third kappa shape index (κ3) is 1.91. The van der Waals surface area contributed by atoms with Crippen molar-refractivity contribution < 1.29 is 0 Å². The molecule has 2 rings (SSSR count). The zero-order chi connectivity index (χ0) is 11.7. The van der Waals surface area contributed by atoms with Crippen molar-refractivity contribution in [2.24, 2.45) is 5.92 Å². The SMILES string of the molecule is CC(C)C(C)Nc1cc2n[nH]c(=O)n2cn1. The minimum atomic E-state index is -0.272. The van der Waals surface area contributed by atoms with Crippen molar-refractivity contribution >= 4 is 11.5 Å². The third-order valence-corrected chi connectivity index (χ3v) is 2.69. The van der Waals surface area contributed by atoms with E-state index in [2.05, 4.69) is 41.3 Å². The molecule has 86 valence electrons. The van der Waals surface area contributed by atoms with Gasteiger partial charge in [0.1, 0.15) is 12.1 Å². The first-order valence-corrected chi connectivity index (χ1v) is 5.27. The maximum Gasteiger partial charge on any atom is 0.348 e. The molecule has 2 heterocycles. The summed E-state index contributed by atoms with van der Waals surface area (Å²) in [6.45, 7) is 6.36. The highest BCUT2D eigenvalue weighted by molar-refractivity contribution is 5.48. The standard InChI is InChI=1S/C10H15N5O/c1-6(2)7(3)12-8-4-9-13-14-10(16)15(9)5-11-8/h4-7,12H,1-3H3,(H,14,16). The molecule has 0 aliphatic rings. The van der Waals surface area contributed by atoms with E-state index in [1.54, 1.807) is 6.07 Å². The third-order valence-electron chi connectivity index (χ3n) is 2.69. The monoisotopic (exact) mass is 221 g/mol. The van der Waals surface area contributed by atoms with Crippen molar-refractivity contribution in [1.82, 2.24) is 19.6 Å². The normalized spacial score (nSPS) is 13.2. The molecular weight excluding hydrogens is 206 g/mol. The molecule has 2 aromatic heterocycles. The molecule has 0 spiro atoms. The molecule has 6 nitrogen and oxygen atoms in total. The molecule has 0 aliphatic carbocycles. The first-order chi connectivity index (χ1) is 7.58. The van der Waals surface area contributed by atoms with Crippen LogP contribution in [0.1, 0.15) is 20.8 Å². The van der Waals surface area contributed by atoms with Gasteiger partial charge in [0, 0.05) is 12.1 Å². The number of aromatic amines is 1. The Morgan fingerprint density at radius 3 is 2.88 bits per heavy atom. The first-order valence-electron chi connectivity index (χ1n) is 5.27. The molecular formula is C10H15N5O. The summed E-state index contributed by atoms with van der Waals surface area (Å²) in [6, 6.07) is 2.07. The predicted octanol–water partition coefficient (Wildman–Crippen LogP) is 0.874. The Kier molecular flexibility index (Phi) is 2.64. The average Bonchev–Trinajstić information content (AvgIpc) is 2.60. The minimum absolute atomic E-state index is 0.272. The van der Waals surface area contributed by atoms with E-state index in [1.807, 2.05) is 0 Å². The molecule has 0 aliphatic heterocycles. The van der Waals surface area contributed by atoms with Crippen LogP contribution in [0.2, 0.25) is 0 Å². The van der Waals surface area contributed by atoms with Crippen molar-refractivity contribution in [3.63, 3.8) is 0 Å². The molecule has 1 atom stereocenters. The van der Waals surface area contributed by atoms with Crippen LogP contribution in [-0.2, 0) is 0 Å². The van der Waals surface area contributed by atoms with Crippen molar-refractivity contribution in [2.75, 3.05) is 5.32 Å². The van der Waals surface area contributed by atoms with Gasteiger partial charge >= 0.3 is 5.69 Å². The van der Waals surface area contributed by atoms with Crippen LogP contribution < -0.4 is 11.0 Å². The number of aromatic nitrogens is 4. The summed E-state index contributed by atoms with van der Waals surface area (Å²) in [5.74, 6) is 1.24. The lowest BCUT2D eigenvalue weighted by Gasteiger charge is -2.17. The van der Waals surface area contributed by atoms with Crippen LogP contribution in [0.4, 0.5) is 5.82 Å². The van der Waals surface area contributed by atoms with Crippen LogP contribution in [0.25, 0.3) is 5.65 Å². The van der Waals surface area contributed by atoms with Gasteiger partial charge in [0.25, 0.3) is 0 Å². The Hall–Kier alpha value is -1.85. The Bertz CT molecular complexity index is 541. The molecule has 2 aromatic rings. The lowest BCUT2D eigenvalue weighted by molar-refractivity contribution is 0.558. The van der Waals surface area contributed by atoms with Crippen LogP contribution in [-0.4, -0.2) is 25.6 Å². The molecule has 6 heteroatoms. The van der Waals surface area contributed by atoms with E-state index in [4.69, 9.17) is 0 Å². The minimum Gasteiger partial charge on any atom is -0.367 e. The van der Waals surface area contributed by atoms with Gasteiger partial charge in [0.15, 0.2) is 5.65 Å². The topological polar surface area (TPSA) is 75.1 Å². The Morgan fingerprint density at radius 2 is 2.19 bits per heavy atom. The predicted molar refractivity (Wildman–Crippen MR) is 61.5 cm³/mol. The molecule has 0 saturated carbocycles. The molecule has 0 aromatic carbocycles. The quantitative estimate of drug-likeness (QED) is 0.806. The van der Waals surface area contributed by atoms with Gasteiger partial charge in [-0.15, -0.1) is 0 Å². The highest BCUT2D eigenvalue weighted by atomic mass is 16.1. The van der Waals surface area contributed by atoms with E-state index in [-0.39, 0.29) is 5.69 Å². The van der Waals surface area contributed by atoms with Gasteiger partial charge in [0.05, 0.1) is 0 Å².